The van der Waals surface area contributed by atoms with Gasteiger partial charge in [0.25, 0.3) is 0 Å². The van der Waals surface area contributed by atoms with Crippen LogP contribution in [0.5, 0.6) is 0 Å². The molecule has 1 saturated heterocycles. The highest BCUT2D eigenvalue weighted by Gasteiger charge is 2.18. The zero-order valence-corrected chi connectivity index (χ0v) is 12.9. The number of nitrogens with one attached hydrogen (secondary N) is 1. The minimum absolute atomic E-state index is 0.150. The number of rotatable bonds is 7. The molecule has 0 bridgehead atoms. The average molecular weight is 276 g/mol. The molecule has 0 radical (unpaired) electrons. The van der Waals surface area contributed by atoms with Gasteiger partial charge in [-0.1, -0.05) is 32.0 Å². The number of benzene rings is 1. The van der Waals surface area contributed by atoms with Crippen molar-refractivity contribution in [2.45, 2.75) is 39.7 Å². The van der Waals surface area contributed by atoms with Gasteiger partial charge in [-0.15, -0.1) is 0 Å². The van der Waals surface area contributed by atoms with Crippen molar-refractivity contribution in [3.05, 3.63) is 29.8 Å². The molecule has 1 aliphatic rings. The highest BCUT2D eigenvalue weighted by molar-refractivity contribution is 5.54. The number of nitrogens with zero attached hydrogens (tertiary/aromatic N) is 1. The fourth-order valence-corrected chi connectivity index (χ4v) is 2.85. The Morgan fingerprint density at radius 1 is 1.20 bits per heavy atom. The maximum atomic E-state index is 9.07. The normalized spacial score (nSPS) is 15.8. The van der Waals surface area contributed by atoms with Crippen LogP contribution in [0.4, 0.5) is 5.69 Å². The van der Waals surface area contributed by atoms with Crippen LogP contribution >= 0.6 is 0 Å². The molecule has 2 rings (SSSR count). The molecule has 1 fully saturated rings. The molecule has 0 aliphatic carbocycles. The molecule has 20 heavy (non-hydrogen) atoms. The molecule has 0 unspecified atom stereocenters. The first-order valence-electron chi connectivity index (χ1n) is 7.77. The standard InChI is InChI=1S/C17H28N2O/c1-17(2,9-12-20)14-18-13-15-7-3-4-8-16(15)19-10-5-6-11-19/h3-4,7-8,18,20H,5-6,9-14H2,1-2H3. The van der Waals surface area contributed by atoms with Crippen LogP contribution in [0, 0.1) is 5.41 Å². The smallest absolute Gasteiger partial charge is 0.0436 e. The Labute approximate surface area is 123 Å². The van der Waals surface area contributed by atoms with Gasteiger partial charge in [0.05, 0.1) is 0 Å². The molecule has 3 nitrogen and oxygen atoms in total. The van der Waals surface area contributed by atoms with Crippen molar-refractivity contribution in [2.75, 3.05) is 31.1 Å². The fourth-order valence-electron chi connectivity index (χ4n) is 2.85. The molecule has 1 aromatic carbocycles. The molecule has 2 N–H and O–H groups in total. The summed E-state index contributed by atoms with van der Waals surface area (Å²) in [4.78, 5) is 2.50. The van der Waals surface area contributed by atoms with Crippen molar-refractivity contribution in [1.29, 1.82) is 0 Å². The fraction of sp³-hybridized carbons (Fsp3) is 0.647. The van der Waals surface area contributed by atoms with Crippen molar-refractivity contribution in [3.63, 3.8) is 0 Å². The van der Waals surface area contributed by atoms with E-state index in [1.165, 1.54) is 37.2 Å². The van der Waals surface area contributed by atoms with Gasteiger partial charge in [0.2, 0.25) is 0 Å². The summed E-state index contributed by atoms with van der Waals surface area (Å²) in [5.74, 6) is 0. The van der Waals surface area contributed by atoms with E-state index in [0.717, 1.165) is 19.5 Å². The van der Waals surface area contributed by atoms with Gasteiger partial charge in [0.1, 0.15) is 0 Å². The summed E-state index contributed by atoms with van der Waals surface area (Å²) in [6, 6.07) is 8.71. The molecule has 1 aliphatic heterocycles. The Morgan fingerprint density at radius 2 is 1.90 bits per heavy atom. The minimum atomic E-state index is 0.150. The SMILES string of the molecule is CC(C)(CCO)CNCc1ccccc1N1CCCC1. The lowest BCUT2D eigenvalue weighted by atomic mass is 9.90. The van der Waals surface area contributed by atoms with Crippen LogP contribution in [-0.2, 0) is 6.54 Å². The second kappa shape index (κ2) is 7.09. The summed E-state index contributed by atoms with van der Waals surface area (Å²) >= 11 is 0. The molecular formula is C17H28N2O. The van der Waals surface area contributed by atoms with Gasteiger partial charge in [0, 0.05) is 38.5 Å². The number of aliphatic hydroxyl groups is 1. The van der Waals surface area contributed by atoms with Crippen molar-refractivity contribution in [2.24, 2.45) is 5.41 Å². The minimum Gasteiger partial charge on any atom is -0.396 e. The van der Waals surface area contributed by atoms with Crippen LogP contribution in [0.25, 0.3) is 0 Å². The molecule has 1 heterocycles. The third-order valence-corrected chi connectivity index (χ3v) is 4.15. The number of aliphatic hydroxyl groups excluding tert-OH is 1. The van der Waals surface area contributed by atoms with E-state index in [9.17, 15) is 0 Å². The quantitative estimate of drug-likeness (QED) is 0.804. The Bertz CT molecular complexity index is 411. The van der Waals surface area contributed by atoms with Crippen molar-refractivity contribution in [1.82, 2.24) is 5.32 Å². The molecule has 0 aromatic heterocycles. The molecule has 112 valence electrons. The number of para-hydroxylation sites is 1. The number of hydrogen-bond donors (Lipinski definition) is 2. The second-order valence-corrected chi connectivity index (χ2v) is 6.56. The Morgan fingerprint density at radius 3 is 2.60 bits per heavy atom. The second-order valence-electron chi connectivity index (χ2n) is 6.56. The van der Waals surface area contributed by atoms with Gasteiger partial charge in [-0.3, -0.25) is 0 Å². The van der Waals surface area contributed by atoms with E-state index in [2.05, 4.69) is 48.3 Å². The largest absolute Gasteiger partial charge is 0.396 e. The lowest BCUT2D eigenvalue weighted by Gasteiger charge is -2.25. The average Bonchev–Trinajstić information content (AvgIpc) is 2.93. The van der Waals surface area contributed by atoms with Gasteiger partial charge in [-0.05, 0) is 36.3 Å². The maximum absolute atomic E-state index is 9.07. The molecule has 0 saturated carbocycles. The van der Waals surface area contributed by atoms with E-state index in [0.29, 0.717) is 0 Å². The lowest BCUT2D eigenvalue weighted by molar-refractivity contribution is 0.207. The maximum Gasteiger partial charge on any atom is 0.0436 e. The van der Waals surface area contributed by atoms with Crippen LogP contribution in [0.15, 0.2) is 24.3 Å². The first-order valence-corrected chi connectivity index (χ1v) is 7.77. The molecule has 0 atom stereocenters. The van der Waals surface area contributed by atoms with E-state index < -0.39 is 0 Å². The first kappa shape index (κ1) is 15.3. The third kappa shape index (κ3) is 4.22. The summed E-state index contributed by atoms with van der Waals surface area (Å²) in [5, 5.41) is 12.6. The number of hydrogen-bond acceptors (Lipinski definition) is 3. The van der Waals surface area contributed by atoms with Gasteiger partial charge < -0.3 is 15.3 Å². The van der Waals surface area contributed by atoms with Crippen LogP contribution in [-0.4, -0.2) is 31.3 Å². The van der Waals surface area contributed by atoms with Gasteiger partial charge in [-0.2, -0.15) is 0 Å². The highest BCUT2D eigenvalue weighted by Crippen LogP contribution is 2.25. The molecule has 0 spiro atoms. The van der Waals surface area contributed by atoms with E-state index in [1.54, 1.807) is 0 Å². The van der Waals surface area contributed by atoms with E-state index in [1.807, 2.05) is 0 Å². The van der Waals surface area contributed by atoms with Crippen LogP contribution in [0.2, 0.25) is 0 Å². The van der Waals surface area contributed by atoms with Crippen LogP contribution in [0.1, 0.15) is 38.7 Å². The molecule has 0 amide bonds. The summed E-state index contributed by atoms with van der Waals surface area (Å²) in [6.07, 6.45) is 3.46. The lowest BCUT2D eigenvalue weighted by Crippen LogP contribution is -2.30. The van der Waals surface area contributed by atoms with Crippen molar-refractivity contribution >= 4 is 5.69 Å². The van der Waals surface area contributed by atoms with E-state index in [4.69, 9.17) is 5.11 Å². The summed E-state index contributed by atoms with van der Waals surface area (Å²) in [6.45, 7) is 8.87. The zero-order valence-electron chi connectivity index (χ0n) is 12.9. The topological polar surface area (TPSA) is 35.5 Å². The van der Waals surface area contributed by atoms with Crippen molar-refractivity contribution in [3.8, 4) is 0 Å². The highest BCUT2D eigenvalue weighted by atomic mass is 16.3. The van der Waals surface area contributed by atoms with Gasteiger partial charge >= 0.3 is 0 Å². The van der Waals surface area contributed by atoms with Gasteiger partial charge in [0.15, 0.2) is 0 Å². The number of anilines is 1. The Hall–Kier alpha value is -1.06. The Balaban J connectivity index is 1.92. The van der Waals surface area contributed by atoms with E-state index >= 15 is 0 Å². The first-order chi connectivity index (χ1) is 9.62. The summed E-state index contributed by atoms with van der Waals surface area (Å²) in [7, 11) is 0. The van der Waals surface area contributed by atoms with Crippen LogP contribution in [0.3, 0.4) is 0 Å². The molecular weight excluding hydrogens is 248 g/mol. The zero-order chi connectivity index (χ0) is 14.4. The summed E-state index contributed by atoms with van der Waals surface area (Å²) < 4.78 is 0. The molecule has 1 aromatic rings. The third-order valence-electron chi connectivity index (χ3n) is 4.15. The van der Waals surface area contributed by atoms with Crippen LogP contribution < -0.4 is 10.2 Å². The molecule has 3 heteroatoms. The van der Waals surface area contributed by atoms with E-state index in [-0.39, 0.29) is 12.0 Å². The van der Waals surface area contributed by atoms with Gasteiger partial charge in [-0.25, -0.2) is 0 Å². The summed E-state index contributed by atoms with van der Waals surface area (Å²) in [5.41, 5.74) is 2.92. The predicted octanol–water partition coefficient (Wildman–Crippen LogP) is 2.79. The predicted molar refractivity (Wildman–Crippen MR) is 85.1 cm³/mol. The van der Waals surface area contributed by atoms with Crippen molar-refractivity contribution < 1.29 is 5.11 Å². The Kier molecular flexibility index (Phi) is 5.44. The monoisotopic (exact) mass is 276 g/mol.